The Kier molecular flexibility index (Phi) is 6.87. The van der Waals surface area contributed by atoms with Gasteiger partial charge in [-0.15, -0.1) is 0 Å². The van der Waals surface area contributed by atoms with Gasteiger partial charge in [0.05, 0.1) is 30.8 Å². The van der Waals surface area contributed by atoms with E-state index in [1.807, 2.05) is 0 Å². The topological polar surface area (TPSA) is 102 Å². The van der Waals surface area contributed by atoms with Crippen LogP contribution < -0.4 is 10.1 Å². The molecular weight excluding hydrogens is 441 g/mol. The Morgan fingerprint density at radius 3 is 2.59 bits per heavy atom. The van der Waals surface area contributed by atoms with Crippen LogP contribution in [0.4, 0.5) is 22.0 Å². The maximum Gasteiger partial charge on any atom is 0.456 e. The van der Waals surface area contributed by atoms with Crippen LogP contribution in [0.3, 0.4) is 0 Å². The van der Waals surface area contributed by atoms with Gasteiger partial charge in [-0.25, -0.2) is 4.98 Å². The first-order chi connectivity index (χ1) is 15.1. The number of nitrogens with one attached hydrogen (secondary N) is 1. The molecule has 0 saturated heterocycles. The van der Waals surface area contributed by atoms with E-state index in [1.165, 1.54) is 24.5 Å². The zero-order chi connectivity index (χ0) is 23.4. The maximum atomic E-state index is 12.9. The first-order valence-corrected chi connectivity index (χ1v) is 9.30. The van der Waals surface area contributed by atoms with Crippen molar-refractivity contribution in [2.45, 2.75) is 25.1 Å². The second kappa shape index (κ2) is 9.42. The fourth-order valence-electron chi connectivity index (χ4n) is 2.70. The lowest BCUT2D eigenvalue weighted by Gasteiger charge is -2.19. The number of aliphatic hydroxyl groups excluding tert-OH is 1. The largest absolute Gasteiger partial charge is 0.471 e. The molecule has 0 spiro atoms. The highest BCUT2D eigenvalue weighted by Gasteiger charge is 2.58. The van der Waals surface area contributed by atoms with E-state index in [0.717, 1.165) is 0 Å². The van der Waals surface area contributed by atoms with Crippen molar-refractivity contribution in [3.8, 4) is 5.88 Å². The summed E-state index contributed by atoms with van der Waals surface area (Å²) in [6.07, 6.45) is -1.25. The monoisotopic (exact) mass is 459 g/mol. The fraction of sp³-hybridized carbons (Fsp3) is 0.368. The van der Waals surface area contributed by atoms with Gasteiger partial charge in [-0.3, -0.25) is 14.5 Å². The van der Waals surface area contributed by atoms with Crippen LogP contribution in [0, 0.1) is 0 Å². The molecule has 1 amide bonds. The van der Waals surface area contributed by atoms with Gasteiger partial charge < -0.3 is 15.2 Å². The highest BCUT2D eigenvalue weighted by Crippen LogP contribution is 2.35. The average Bonchev–Trinajstić information content (AvgIpc) is 3.14. The molecule has 0 aliphatic carbocycles. The molecule has 3 rings (SSSR count). The Balaban J connectivity index is 1.66. The second-order valence-electron chi connectivity index (χ2n) is 6.76. The van der Waals surface area contributed by atoms with Gasteiger partial charge in [0.15, 0.2) is 6.61 Å². The predicted octanol–water partition coefficient (Wildman–Crippen LogP) is 2.10. The van der Waals surface area contributed by atoms with E-state index in [-0.39, 0.29) is 37.9 Å². The summed E-state index contributed by atoms with van der Waals surface area (Å²) in [5, 5.41) is 16.3. The van der Waals surface area contributed by atoms with E-state index < -0.39 is 18.7 Å². The highest BCUT2D eigenvalue weighted by atomic mass is 19.4. The maximum absolute atomic E-state index is 12.9. The number of carbonyl (C=O) groups is 1. The zero-order valence-corrected chi connectivity index (χ0v) is 16.4. The molecule has 0 aliphatic heterocycles. The van der Waals surface area contributed by atoms with Crippen molar-refractivity contribution >= 4 is 16.8 Å². The third-order valence-corrected chi connectivity index (χ3v) is 4.28. The SMILES string of the molecule is O=C(Cc1nccc2nn(Cc3ccc(OCC(F)(F)C(F)(F)F)nc3)cc12)NCCO. The van der Waals surface area contributed by atoms with Crippen LogP contribution in [-0.4, -0.2) is 62.6 Å². The zero-order valence-electron chi connectivity index (χ0n) is 16.4. The van der Waals surface area contributed by atoms with Crippen LogP contribution in [0.2, 0.25) is 0 Å². The number of hydrogen-bond acceptors (Lipinski definition) is 6. The molecule has 0 bridgehead atoms. The molecule has 0 atom stereocenters. The molecule has 0 unspecified atom stereocenters. The van der Waals surface area contributed by atoms with Gasteiger partial charge in [0.2, 0.25) is 11.8 Å². The molecule has 3 aromatic rings. The van der Waals surface area contributed by atoms with E-state index >= 15 is 0 Å². The van der Waals surface area contributed by atoms with Crippen molar-refractivity contribution in [2.24, 2.45) is 0 Å². The van der Waals surface area contributed by atoms with Crippen molar-refractivity contribution in [1.82, 2.24) is 25.1 Å². The molecule has 0 aliphatic rings. The summed E-state index contributed by atoms with van der Waals surface area (Å²) in [6.45, 7) is -1.69. The van der Waals surface area contributed by atoms with Gasteiger partial charge >= 0.3 is 12.1 Å². The lowest BCUT2D eigenvalue weighted by molar-refractivity contribution is -0.290. The van der Waals surface area contributed by atoms with Crippen LogP contribution in [0.25, 0.3) is 10.9 Å². The van der Waals surface area contributed by atoms with Crippen molar-refractivity contribution in [2.75, 3.05) is 19.8 Å². The first kappa shape index (κ1) is 23.3. The van der Waals surface area contributed by atoms with Gasteiger partial charge in [0, 0.05) is 36.6 Å². The van der Waals surface area contributed by atoms with E-state index in [1.54, 1.807) is 16.9 Å². The Hall–Kier alpha value is -3.35. The summed E-state index contributed by atoms with van der Waals surface area (Å²) in [5.41, 5.74) is 1.67. The van der Waals surface area contributed by atoms with Crippen molar-refractivity contribution in [1.29, 1.82) is 0 Å². The van der Waals surface area contributed by atoms with Gasteiger partial charge in [0.25, 0.3) is 0 Å². The lowest BCUT2D eigenvalue weighted by Crippen LogP contribution is -2.41. The molecule has 3 heterocycles. The number of aromatic nitrogens is 4. The third-order valence-electron chi connectivity index (χ3n) is 4.28. The summed E-state index contributed by atoms with van der Waals surface area (Å²) in [6, 6.07) is 4.31. The summed E-state index contributed by atoms with van der Waals surface area (Å²) in [5.74, 6) is -5.66. The standard InChI is InChI=1S/C19H18F5N5O3/c20-18(21,19(22,23)24)11-32-17-2-1-12(8-27-17)9-29-10-13-14(28-29)3-4-25-15(13)7-16(31)26-5-6-30/h1-4,8,10,30H,5-7,9,11H2,(H,26,31). The Bertz CT molecular complexity index is 1070. The van der Waals surface area contributed by atoms with Crippen molar-refractivity contribution in [3.63, 3.8) is 0 Å². The van der Waals surface area contributed by atoms with Crippen LogP contribution in [0.5, 0.6) is 5.88 Å². The van der Waals surface area contributed by atoms with E-state index in [4.69, 9.17) is 5.11 Å². The number of fused-ring (bicyclic) bond motifs is 1. The minimum absolute atomic E-state index is 0.000809. The Morgan fingerprint density at radius 2 is 1.94 bits per heavy atom. The van der Waals surface area contributed by atoms with E-state index in [9.17, 15) is 26.7 Å². The normalized spacial score (nSPS) is 12.2. The molecule has 13 heteroatoms. The van der Waals surface area contributed by atoms with Crippen molar-refractivity contribution in [3.05, 3.63) is 48.0 Å². The molecule has 0 aromatic carbocycles. The number of aliphatic hydroxyl groups is 1. The third kappa shape index (κ3) is 5.66. The molecule has 3 aromatic heterocycles. The van der Waals surface area contributed by atoms with E-state index in [2.05, 4.69) is 25.1 Å². The number of hydrogen-bond donors (Lipinski definition) is 2. The summed E-state index contributed by atoms with van der Waals surface area (Å²) < 4.78 is 68.4. The first-order valence-electron chi connectivity index (χ1n) is 9.30. The number of nitrogens with zero attached hydrogens (tertiary/aromatic N) is 4. The number of alkyl halides is 5. The van der Waals surface area contributed by atoms with Crippen LogP contribution in [-0.2, 0) is 17.8 Å². The molecule has 2 N–H and O–H groups in total. The number of rotatable bonds is 9. The van der Waals surface area contributed by atoms with Gasteiger partial charge in [-0.2, -0.15) is 27.1 Å². The summed E-state index contributed by atoms with van der Waals surface area (Å²) in [4.78, 5) is 19.8. The minimum Gasteiger partial charge on any atom is -0.471 e. The molecule has 8 nitrogen and oxygen atoms in total. The molecule has 32 heavy (non-hydrogen) atoms. The smallest absolute Gasteiger partial charge is 0.456 e. The van der Waals surface area contributed by atoms with Gasteiger partial charge in [0.1, 0.15) is 0 Å². The molecule has 0 fully saturated rings. The summed E-state index contributed by atoms with van der Waals surface area (Å²) >= 11 is 0. The lowest BCUT2D eigenvalue weighted by atomic mass is 10.2. The number of amides is 1. The molecular formula is C19H18F5N5O3. The summed E-state index contributed by atoms with van der Waals surface area (Å²) in [7, 11) is 0. The number of ether oxygens (including phenoxy) is 1. The quantitative estimate of drug-likeness (QED) is 0.476. The molecule has 0 saturated carbocycles. The van der Waals surface area contributed by atoms with Gasteiger partial charge in [-0.05, 0) is 11.6 Å². The number of halogens is 5. The van der Waals surface area contributed by atoms with E-state index in [0.29, 0.717) is 22.2 Å². The Labute approximate surface area is 178 Å². The van der Waals surface area contributed by atoms with Crippen LogP contribution in [0.1, 0.15) is 11.3 Å². The molecule has 172 valence electrons. The number of pyridine rings is 2. The molecule has 0 radical (unpaired) electrons. The fourth-order valence-corrected chi connectivity index (χ4v) is 2.70. The highest BCUT2D eigenvalue weighted by molar-refractivity contribution is 5.86. The van der Waals surface area contributed by atoms with Crippen molar-refractivity contribution < 1.29 is 36.6 Å². The van der Waals surface area contributed by atoms with Gasteiger partial charge in [-0.1, -0.05) is 6.07 Å². The number of carbonyl (C=O) groups excluding carboxylic acids is 1. The second-order valence-corrected chi connectivity index (χ2v) is 6.76. The Morgan fingerprint density at radius 1 is 1.16 bits per heavy atom. The van der Waals surface area contributed by atoms with Crippen LogP contribution in [0.15, 0.2) is 36.8 Å². The predicted molar refractivity (Wildman–Crippen MR) is 101 cm³/mol. The minimum atomic E-state index is -5.71. The van der Waals surface area contributed by atoms with Crippen LogP contribution >= 0.6 is 0 Å². The average molecular weight is 459 g/mol.